The molecule has 0 saturated heterocycles. The lowest BCUT2D eigenvalue weighted by molar-refractivity contribution is -0.00349. The number of benzene rings is 1. The molecule has 0 heterocycles. The lowest BCUT2D eigenvalue weighted by atomic mass is 10.0. The Morgan fingerprint density at radius 1 is 0.812 bits per heavy atom. The predicted octanol–water partition coefficient (Wildman–Crippen LogP) is 8.74. The number of nitrogens with zero attached hydrogens (tertiary/aromatic N) is 1. The fourth-order valence-electron chi connectivity index (χ4n) is 4.16. The summed E-state index contributed by atoms with van der Waals surface area (Å²) in [7, 11) is 0. The van der Waals surface area contributed by atoms with Crippen LogP contribution in [0.4, 0.5) is 0 Å². The standard InChI is InChI=1S/C28H46ClNO2/c1-2-3-4-5-6-7-8-9-10-11-12-13-14-15-16-17-18-28(23-31)32-24-26-19-25(22-30)20-27(29)21-26/h19-21,28,31H,2-18,23-24H2,1H3/t28-/m1/s1. The lowest BCUT2D eigenvalue weighted by Crippen LogP contribution is -2.17. The Hall–Kier alpha value is -1.08. The van der Waals surface area contributed by atoms with Gasteiger partial charge < -0.3 is 9.84 Å². The van der Waals surface area contributed by atoms with Gasteiger partial charge in [0.2, 0.25) is 0 Å². The maximum absolute atomic E-state index is 9.58. The van der Waals surface area contributed by atoms with E-state index in [1.165, 1.54) is 96.3 Å². The maximum Gasteiger partial charge on any atom is 0.0992 e. The van der Waals surface area contributed by atoms with Crippen LogP contribution in [0.5, 0.6) is 0 Å². The highest BCUT2D eigenvalue weighted by atomic mass is 35.5. The zero-order valence-corrected chi connectivity index (χ0v) is 21.2. The molecule has 0 saturated carbocycles. The van der Waals surface area contributed by atoms with E-state index in [4.69, 9.17) is 21.6 Å². The van der Waals surface area contributed by atoms with Gasteiger partial charge in [0.25, 0.3) is 0 Å². The van der Waals surface area contributed by atoms with Crippen LogP contribution in [0, 0.1) is 11.3 Å². The van der Waals surface area contributed by atoms with Crippen LogP contribution in [0.3, 0.4) is 0 Å². The van der Waals surface area contributed by atoms with Crippen LogP contribution < -0.4 is 0 Å². The molecule has 0 radical (unpaired) electrons. The van der Waals surface area contributed by atoms with Crippen molar-refractivity contribution < 1.29 is 9.84 Å². The number of nitriles is 1. The Balaban J connectivity index is 1.93. The molecule has 1 rings (SSSR count). The summed E-state index contributed by atoms with van der Waals surface area (Å²) in [5.74, 6) is 0. The van der Waals surface area contributed by atoms with Crippen molar-refractivity contribution in [2.75, 3.05) is 6.61 Å². The Morgan fingerprint density at radius 3 is 1.78 bits per heavy atom. The van der Waals surface area contributed by atoms with Crippen LogP contribution in [-0.2, 0) is 11.3 Å². The maximum atomic E-state index is 9.58. The van der Waals surface area contributed by atoms with Crippen molar-refractivity contribution in [3.05, 3.63) is 34.3 Å². The SMILES string of the molecule is CCCCCCCCCCCCCCCCCC[C@H](CO)OCc1cc(Cl)cc(C#N)c1. The number of aliphatic hydroxyl groups is 1. The molecule has 1 N–H and O–H groups in total. The summed E-state index contributed by atoms with van der Waals surface area (Å²) in [6.07, 6.45) is 22.5. The molecule has 0 spiro atoms. The van der Waals surface area contributed by atoms with Crippen LogP contribution in [0.2, 0.25) is 5.02 Å². The molecule has 0 aliphatic heterocycles. The molecule has 3 nitrogen and oxygen atoms in total. The van der Waals surface area contributed by atoms with Crippen LogP contribution in [0.25, 0.3) is 0 Å². The van der Waals surface area contributed by atoms with Crippen molar-refractivity contribution in [2.45, 2.75) is 129 Å². The fourth-order valence-corrected chi connectivity index (χ4v) is 4.42. The van der Waals surface area contributed by atoms with Gasteiger partial charge in [0.05, 0.1) is 31.0 Å². The largest absolute Gasteiger partial charge is 0.394 e. The van der Waals surface area contributed by atoms with Gasteiger partial charge in [-0.05, 0) is 30.2 Å². The van der Waals surface area contributed by atoms with Gasteiger partial charge >= 0.3 is 0 Å². The smallest absolute Gasteiger partial charge is 0.0992 e. The van der Waals surface area contributed by atoms with Crippen molar-refractivity contribution in [1.82, 2.24) is 0 Å². The molecule has 182 valence electrons. The van der Waals surface area contributed by atoms with Crippen LogP contribution in [-0.4, -0.2) is 17.8 Å². The van der Waals surface area contributed by atoms with Crippen molar-refractivity contribution >= 4 is 11.6 Å². The number of ether oxygens (including phenoxy) is 1. The molecule has 0 bridgehead atoms. The average Bonchev–Trinajstić information content (AvgIpc) is 2.80. The Kier molecular flexibility index (Phi) is 18.6. The monoisotopic (exact) mass is 463 g/mol. The molecule has 0 amide bonds. The number of hydrogen-bond acceptors (Lipinski definition) is 3. The highest BCUT2D eigenvalue weighted by molar-refractivity contribution is 6.30. The summed E-state index contributed by atoms with van der Waals surface area (Å²) in [5.41, 5.74) is 1.41. The first-order chi connectivity index (χ1) is 15.7. The number of rotatable bonds is 21. The second kappa shape index (κ2) is 20.5. The fraction of sp³-hybridized carbons (Fsp3) is 0.750. The van der Waals surface area contributed by atoms with Crippen LogP contribution >= 0.6 is 11.6 Å². The minimum absolute atomic E-state index is 0.0322. The average molecular weight is 464 g/mol. The van der Waals surface area contributed by atoms with Crippen molar-refractivity contribution in [1.29, 1.82) is 5.26 Å². The topological polar surface area (TPSA) is 53.2 Å². The minimum Gasteiger partial charge on any atom is -0.394 e. The van der Waals surface area contributed by atoms with Crippen molar-refractivity contribution in [3.8, 4) is 6.07 Å². The van der Waals surface area contributed by atoms with E-state index in [9.17, 15) is 5.11 Å². The third-order valence-corrected chi connectivity index (χ3v) is 6.37. The molecule has 32 heavy (non-hydrogen) atoms. The third kappa shape index (κ3) is 15.7. The molecule has 1 aromatic rings. The Morgan fingerprint density at radius 2 is 1.31 bits per heavy atom. The first-order valence-electron chi connectivity index (χ1n) is 13.1. The first-order valence-corrected chi connectivity index (χ1v) is 13.5. The quantitative estimate of drug-likeness (QED) is 0.185. The summed E-state index contributed by atoms with van der Waals surface area (Å²) in [4.78, 5) is 0. The van der Waals surface area contributed by atoms with Gasteiger partial charge in [-0.3, -0.25) is 0 Å². The number of aliphatic hydroxyl groups excluding tert-OH is 1. The van der Waals surface area contributed by atoms with E-state index in [-0.39, 0.29) is 12.7 Å². The molecule has 1 atom stereocenters. The van der Waals surface area contributed by atoms with E-state index in [0.717, 1.165) is 18.4 Å². The van der Waals surface area contributed by atoms with Crippen LogP contribution in [0.15, 0.2) is 18.2 Å². The van der Waals surface area contributed by atoms with Gasteiger partial charge in [-0.15, -0.1) is 0 Å². The van der Waals surface area contributed by atoms with Gasteiger partial charge in [-0.1, -0.05) is 121 Å². The van der Waals surface area contributed by atoms with E-state index < -0.39 is 0 Å². The first kappa shape index (κ1) is 29.0. The molecule has 1 aromatic carbocycles. The highest BCUT2D eigenvalue weighted by Crippen LogP contribution is 2.18. The Labute approximate surface area is 202 Å². The van der Waals surface area contributed by atoms with E-state index in [1.807, 2.05) is 6.07 Å². The van der Waals surface area contributed by atoms with Gasteiger partial charge in [0, 0.05) is 5.02 Å². The third-order valence-electron chi connectivity index (χ3n) is 6.16. The molecule has 0 aliphatic carbocycles. The molecule has 0 unspecified atom stereocenters. The molecular formula is C28H46ClNO2. The zero-order valence-electron chi connectivity index (χ0n) is 20.4. The molecule has 0 aromatic heterocycles. The van der Waals surface area contributed by atoms with Crippen LogP contribution in [0.1, 0.15) is 127 Å². The van der Waals surface area contributed by atoms with Gasteiger partial charge in [0.15, 0.2) is 0 Å². The minimum atomic E-state index is -0.147. The highest BCUT2D eigenvalue weighted by Gasteiger charge is 2.09. The van der Waals surface area contributed by atoms with E-state index in [2.05, 4.69) is 13.0 Å². The molecular weight excluding hydrogens is 418 g/mol. The van der Waals surface area contributed by atoms with Gasteiger partial charge in [0.1, 0.15) is 0 Å². The summed E-state index contributed by atoms with van der Waals surface area (Å²) in [6, 6.07) is 7.35. The van der Waals surface area contributed by atoms with E-state index in [1.54, 1.807) is 12.1 Å². The van der Waals surface area contributed by atoms with Gasteiger partial charge in [-0.2, -0.15) is 5.26 Å². The summed E-state index contributed by atoms with van der Waals surface area (Å²) >= 11 is 6.03. The second-order valence-electron chi connectivity index (χ2n) is 9.17. The normalized spacial score (nSPS) is 12.1. The van der Waals surface area contributed by atoms with Gasteiger partial charge in [-0.25, -0.2) is 0 Å². The molecule has 4 heteroatoms. The van der Waals surface area contributed by atoms with E-state index >= 15 is 0 Å². The molecule has 0 fully saturated rings. The molecule has 0 aliphatic rings. The lowest BCUT2D eigenvalue weighted by Gasteiger charge is -2.15. The second-order valence-corrected chi connectivity index (χ2v) is 9.60. The number of unbranched alkanes of at least 4 members (excludes halogenated alkanes) is 15. The zero-order chi connectivity index (χ0) is 23.3. The summed E-state index contributed by atoms with van der Waals surface area (Å²) in [6.45, 7) is 2.69. The summed E-state index contributed by atoms with van der Waals surface area (Å²) < 4.78 is 5.84. The number of hydrogen-bond donors (Lipinski definition) is 1. The Bertz CT molecular complexity index is 614. The van der Waals surface area contributed by atoms with E-state index in [0.29, 0.717) is 17.2 Å². The number of halogens is 1. The van der Waals surface area contributed by atoms with Crippen molar-refractivity contribution in [3.63, 3.8) is 0 Å². The summed E-state index contributed by atoms with van der Waals surface area (Å²) in [5, 5.41) is 19.2. The predicted molar refractivity (Wildman–Crippen MR) is 136 cm³/mol. The van der Waals surface area contributed by atoms with Crippen molar-refractivity contribution in [2.24, 2.45) is 0 Å².